The first-order valence-electron chi connectivity index (χ1n) is 6.73. The van der Waals surface area contributed by atoms with Crippen molar-refractivity contribution in [3.63, 3.8) is 0 Å². The maximum absolute atomic E-state index is 12.1. The number of carbonyl (C=O) groups is 1. The number of carboxylic acids is 1. The summed E-state index contributed by atoms with van der Waals surface area (Å²) in [7, 11) is -0.460. The van der Waals surface area contributed by atoms with Crippen LogP contribution in [0.5, 0.6) is 0 Å². The van der Waals surface area contributed by atoms with E-state index >= 15 is 0 Å². The molecule has 0 aliphatic heterocycles. The number of nitrogens with zero attached hydrogens (tertiary/aromatic N) is 2. The van der Waals surface area contributed by atoms with Crippen LogP contribution in [-0.2, 0) is 21.4 Å². The van der Waals surface area contributed by atoms with Crippen LogP contribution in [-0.4, -0.2) is 55.9 Å². The van der Waals surface area contributed by atoms with Crippen molar-refractivity contribution in [2.24, 2.45) is 0 Å². The van der Waals surface area contributed by atoms with Crippen LogP contribution in [0, 0.1) is 0 Å². The molecule has 0 atom stereocenters. The third-order valence-electron chi connectivity index (χ3n) is 3.17. The molecule has 0 bridgehead atoms. The Hall–Kier alpha value is -1.44. The Morgan fingerprint density at radius 2 is 1.95 bits per heavy atom. The van der Waals surface area contributed by atoms with E-state index in [2.05, 4.69) is 0 Å². The molecule has 1 N–H and O–H groups in total. The summed E-state index contributed by atoms with van der Waals surface area (Å²) < 4.78 is 25.4. The van der Waals surface area contributed by atoms with Gasteiger partial charge >= 0.3 is 5.97 Å². The van der Waals surface area contributed by atoms with Gasteiger partial charge in [-0.1, -0.05) is 19.1 Å². The Kier molecular flexibility index (Phi) is 6.32. The topological polar surface area (TPSA) is 77.9 Å². The lowest BCUT2D eigenvalue weighted by atomic mass is 10.2. The largest absolute Gasteiger partial charge is 0.481 e. The Morgan fingerprint density at radius 1 is 1.29 bits per heavy atom. The van der Waals surface area contributed by atoms with Crippen LogP contribution in [0.2, 0.25) is 0 Å². The van der Waals surface area contributed by atoms with Crippen molar-refractivity contribution in [1.29, 1.82) is 0 Å². The maximum Gasteiger partial charge on any atom is 0.304 e. The summed E-state index contributed by atoms with van der Waals surface area (Å²) in [5.74, 6) is -0.836. The Balaban J connectivity index is 2.87. The van der Waals surface area contributed by atoms with E-state index in [4.69, 9.17) is 5.11 Å². The number of carboxylic acid groups (broad SMARTS) is 1. The zero-order valence-electron chi connectivity index (χ0n) is 12.6. The summed E-state index contributed by atoms with van der Waals surface area (Å²) in [6, 6.07) is 6.75. The molecule has 1 aromatic carbocycles. The molecule has 0 spiro atoms. The third kappa shape index (κ3) is 5.11. The molecule has 118 valence electrons. The minimum Gasteiger partial charge on any atom is -0.481 e. The summed E-state index contributed by atoms with van der Waals surface area (Å²) >= 11 is 0. The molecule has 0 aliphatic rings. The van der Waals surface area contributed by atoms with E-state index in [0.29, 0.717) is 19.6 Å². The van der Waals surface area contributed by atoms with E-state index in [1.54, 1.807) is 18.2 Å². The molecule has 1 rings (SSSR count). The van der Waals surface area contributed by atoms with Crippen molar-refractivity contribution in [3.8, 4) is 0 Å². The fourth-order valence-electron chi connectivity index (χ4n) is 1.88. The molecule has 1 aromatic rings. The van der Waals surface area contributed by atoms with Crippen LogP contribution in [0.15, 0.2) is 29.2 Å². The molecule has 0 aliphatic carbocycles. The first kappa shape index (κ1) is 17.6. The summed E-state index contributed by atoms with van der Waals surface area (Å²) in [5.41, 5.74) is 0.852. The highest BCUT2D eigenvalue weighted by molar-refractivity contribution is 7.89. The standard InChI is InChI=1S/C14H22N2O4S/c1-4-16(9-8-14(17)18)11-12-6-5-7-13(10-12)21(19,20)15(2)3/h5-7,10H,4,8-9,11H2,1-3H3,(H,17,18). The Labute approximate surface area is 126 Å². The molecular weight excluding hydrogens is 292 g/mol. The van der Waals surface area contributed by atoms with Gasteiger partial charge in [-0.05, 0) is 24.2 Å². The van der Waals surface area contributed by atoms with Gasteiger partial charge in [-0.2, -0.15) is 0 Å². The molecule has 0 fully saturated rings. The van der Waals surface area contributed by atoms with Crippen molar-refractivity contribution in [2.75, 3.05) is 27.2 Å². The maximum atomic E-state index is 12.1. The minimum absolute atomic E-state index is 0.0729. The number of hydrogen-bond acceptors (Lipinski definition) is 4. The van der Waals surface area contributed by atoms with Gasteiger partial charge in [-0.3, -0.25) is 9.69 Å². The van der Waals surface area contributed by atoms with Crippen LogP contribution in [0.3, 0.4) is 0 Å². The molecule has 0 saturated carbocycles. The van der Waals surface area contributed by atoms with Gasteiger partial charge in [0, 0.05) is 27.2 Å². The van der Waals surface area contributed by atoms with Crippen molar-refractivity contribution in [3.05, 3.63) is 29.8 Å². The number of benzene rings is 1. The molecule has 0 unspecified atom stereocenters. The van der Waals surface area contributed by atoms with E-state index in [-0.39, 0.29) is 11.3 Å². The summed E-state index contributed by atoms with van der Waals surface area (Å²) in [6.07, 6.45) is 0.0729. The van der Waals surface area contributed by atoms with Gasteiger partial charge < -0.3 is 5.11 Å². The Bertz CT molecular complexity index is 584. The first-order valence-corrected chi connectivity index (χ1v) is 8.17. The predicted octanol–water partition coefficient (Wildman–Crippen LogP) is 1.23. The van der Waals surface area contributed by atoms with E-state index < -0.39 is 16.0 Å². The molecule has 0 amide bonds. The van der Waals surface area contributed by atoms with Gasteiger partial charge in [0.1, 0.15) is 0 Å². The second-order valence-corrected chi connectivity index (χ2v) is 7.10. The zero-order chi connectivity index (χ0) is 16.0. The monoisotopic (exact) mass is 314 g/mol. The molecule has 0 saturated heterocycles. The molecule has 0 heterocycles. The van der Waals surface area contributed by atoms with Gasteiger partial charge in [0.25, 0.3) is 0 Å². The van der Waals surface area contributed by atoms with Gasteiger partial charge in [-0.15, -0.1) is 0 Å². The number of aliphatic carboxylic acids is 1. The number of hydrogen-bond donors (Lipinski definition) is 1. The van der Waals surface area contributed by atoms with E-state index in [9.17, 15) is 13.2 Å². The quantitative estimate of drug-likeness (QED) is 0.781. The van der Waals surface area contributed by atoms with Crippen LogP contribution in [0.1, 0.15) is 18.9 Å². The van der Waals surface area contributed by atoms with Gasteiger partial charge in [0.05, 0.1) is 11.3 Å². The molecular formula is C14H22N2O4S. The summed E-state index contributed by atoms with van der Waals surface area (Å²) in [5, 5.41) is 8.72. The molecule has 21 heavy (non-hydrogen) atoms. The SMILES string of the molecule is CCN(CCC(=O)O)Cc1cccc(S(=O)(=O)N(C)C)c1. The highest BCUT2D eigenvalue weighted by Crippen LogP contribution is 2.16. The molecule has 7 heteroatoms. The van der Waals surface area contributed by atoms with Crippen LogP contribution >= 0.6 is 0 Å². The van der Waals surface area contributed by atoms with E-state index in [1.807, 2.05) is 17.9 Å². The van der Waals surface area contributed by atoms with Gasteiger partial charge in [-0.25, -0.2) is 12.7 Å². The lowest BCUT2D eigenvalue weighted by Crippen LogP contribution is -2.26. The van der Waals surface area contributed by atoms with Gasteiger partial charge in [0.2, 0.25) is 10.0 Å². The molecule has 6 nitrogen and oxygen atoms in total. The smallest absolute Gasteiger partial charge is 0.304 e. The minimum atomic E-state index is -3.45. The fraction of sp³-hybridized carbons (Fsp3) is 0.500. The Morgan fingerprint density at radius 3 is 2.48 bits per heavy atom. The number of sulfonamides is 1. The zero-order valence-corrected chi connectivity index (χ0v) is 13.4. The normalized spacial score (nSPS) is 12.0. The highest BCUT2D eigenvalue weighted by atomic mass is 32.2. The van der Waals surface area contributed by atoms with Crippen molar-refractivity contribution >= 4 is 16.0 Å². The van der Waals surface area contributed by atoms with Crippen LogP contribution < -0.4 is 0 Å². The molecule has 0 radical (unpaired) electrons. The highest BCUT2D eigenvalue weighted by Gasteiger charge is 2.17. The van der Waals surface area contributed by atoms with Crippen molar-refractivity contribution < 1.29 is 18.3 Å². The van der Waals surface area contributed by atoms with Crippen LogP contribution in [0.4, 0.5) is 0 Å². The van der Waals surface area contributed by atoms with Gasteiger partial charge in [0.15, 0.2) is 0 Å². The lowest BCUT2D eigenvalue weighted by molar-refractivity contribution is -0.137. The van der Waals surface area contributed by atoms with Crippen molar-refractivity contribution in [2.45, 2.75) is 24.8 Å². The van der Waals surface area contributed by atoms with Crippen LogP contribution in [0.25, 0.3) is 0 Å². The second kappa shape index (κ2) is 7.53. The number of rotatable bonds is 8. The van der Waals surface area contributed by atoms with Crippen molar-refractivity contribution in [1.82, 2.24) is 9.21 Å². The summed E-state index contributed by atoms with van der Waals surface area (Å²) in [6.45, 7) is 3.62. The second-order valence-electron chi connectivity index (χ2n) is 4.95. The first-order chi connectivity index (χ1) is 9.77. The predicted molar refractivity (Wildman–Crippen MR) is 80.5 cm³/mol. The lowest BCUT2D eigenvalue weighted by Gasteiger charge is -2.20. The molecule has 0 aromatic heterocycles. The third-order valence-corrected chi connectivity index (χ3v) is 4.98. The summed E-state index contributed by atoms with van der Waals surface area (Å²) in [4.78, 5) is 12.8. The van der Waals surface area contributed by atoms with E-state index in [0.717, 1.165) is 5.56 Å². The fourth-order valence-corrected chi connectivity index (χ4v) is 2.85. The van der Waals surface area contributed by atoms with E-state index in [1.165, 1.54) is 18.4 Å². The average molecular weight is 314 g/mol. The average Bonchev–Trinajstić information content (AvgIpc) is 2.43.